The predicted molar refractivity (Wildman–Crippen MR) is 72.4 cm³/mol. The molecule has 0 spiro atoms. The van der Waals surface area contributed by atoms with E-state index < -0.39 is 30.5 Å². The highest BCUT2D eigenvalue weighted by atomic mass is 16.5. The fourth-order valence-electron chi connectivity index (χ4n) is 1.49. The zero-order valence-corrected chi connectivity index (χ0v) is 11.6. The molecule has 0 aliphatic rings. The molecule has 0 bridgehead atoms. The van der Waals surface area contributed by atoms with Crippen LogP contribution in [-0.4, -0.2) is 35.8 Å². The van der Waals surface area contributed by atoms with Gasteiger partial charge in [-0.2, -0.15) is 0 Å². The number of amides is 1. The Balaban J connectivity index is 2.45. The molecular formula is C14H17NO6. The van der Waals surface area contributed by atoms with Crippen LogP contribution in [0.5, 0.6) is 0 Å². The quantitative estimate of drug-likeness (QED) is 0.735. The van der Waals surface area contributed by atoms with Crippen LogP contribution in [0.3, 0.4) is 0 Å². The van der Waals surface area contributed by atoms with E-state index in [0.29, 0.717) is 0 Å². The van der Waals surface area contributed by atoms with Crippen LogP contribution in [0.25, 0.3) is 0 Å². The lowest BCUT2D eigenvalue weighted by Gasteiger charge is -2.13. The minimum atomic E-state index is -1.38. The molecule has 0 radical (unpaired) electrons. The van der Waals surface area contributed by atoms with Crippen molar-refractivity contribution >= 4 is 18.0 Å². The highest BCUT2D eigenvalue weighted by Gasteiger charge is 2.24. The standard InChI is InChI=1S/C14H17NO6/c1-2-20-12(16)8-11(13(17)18)15-14(19)21-9-10-6-4-3-5-7-10/h3-7,11H,2,8-9H2,1H3,(H,15,19)(H,17,18)/t11-/m0/s1. The van der Waals surface area contributed by atoms with Crippen LogP contribution in [0.2, 0.25) is 0 Å². The van der Waals surface area contributed by atoms with Gasteiger partial charge < -0.3 is 19.9 Å². The Kier molecular flexibility index (Phi) is 6.73. The van der Waals surface area contributed by atoms with Gasteiger partial charge in [-0.15, -0.1) is 0 Å². The number of benzene rings is 1. The maximum atomic E-state index is 11.5. The van der Waals surface area contributed by atoms with E-state index in [4.69, 9.17) is 9.84 Å². The zero-order valence-electron chi connectivity index (χ0n) is 11.6. The first-order valence-corrected chi connectivity index (χ1v) is 6.38. The van der Waals surface area contributed by atoms with Gasteiger partial charge in [0.2, 0.25) is 0 Å². The minimum absolute atomic E-state index is 0.0123. The predicted octanol–water partition coefficient (Wildman–Crippen LogP) is 1.32. The second kappa shape index (κ2) is 8.57. The fourth-order valence-corrected chi connectivity index (χ4v) is 1.49. The third-order valence-corrected chi connectivity index (χ3v) is 2.48. The van der Waals surface area contributed by atoms with Crippen LogP contribution in [0.15, 0.2) is 30.3 Å². The van der Waals surface area contributed by atoms with Crippen molar-refractivity contribution in [2.24, 2.45) is 0 Å². The van der Waals surface area contributed by atoms with Gasteiger partial charge in [-0.25, -0.2) is 9.59 Å². The number of ether oxygens (including phenoxy) is 2. The number of aliphatic carboxylic acids is 1. The summed E-state index contributed by atoms with van der Waals surface area (Å²) in [5.74, 6) is -2.03. The second-order valence-electron chi connectivity index (χ2n) is 4.11. The first-order chi connectivity index (χ1) is 10.0. The van der Waals surface area contributed by atoms with Gasteiger partial charge in [-0.1, -0.05) is 30.3 Å². The summed E-state index contributed by atoms with van der Waals surface area (Å²) >= 11 is 0. The van der Waals surface area contributed by atoms with Gasteiger partial charge in [0.25, 0.3) is 0 Å². The molecule has 0 saturated carbocycles. The lowest BCUT2D eigenvalue weighted by molar-refractivity contribution is -0.149. The van der Waals surface area contributed by atoms with E-state index in [0.717, 1.165) is 5.56 Å². The van der Waals surface area contributed by atoms with Crippen LogP contribution in [-0.2, 0) is 25.7 Å². The summed E-state index contributed by atoms with van der Waals surface area (Å²) in [5, 5.41) is 11.1. The van der Waals surface area contributed by atoms with Gasteiger partial charge in [0.05, 0.1) is 13.0 Å². The van der Waals surface area contributed by atoms with E-state index in [-0.39, 0.29) is 13.2 Å². The number of carboxylic acids is 1. The molecule has 0 unspecified atom stereocenters. The molecule has 0 fully saturated rings. The SMILES string of the molecule is CCOC(=O)C[C@H](NC(=O)OCc1ccccc1)C(=O)O. The molecular weight excluding hydrogens is 278 g/mol. The Morgan fingerprint density at radius 2 is 1.86 bits per heavy atom. The maximum absolute atomic E-state index is 11.5. The zero-order chi connectivity index (χ0) is 15.7. The van der Waals surface area contributed by atoms with Crippen molar-refractivity contribution in [1.29, 1.82) is 0 Å². The molecule has 0 aromatic heterocycles. The summed E-state index contributed by atoms with van der Waals surface area (Å²) in [6.45, 7) is 1.76. The molecule has 21 heavy (non-hydrogen) atoms. The smallest absolute Gasteiger partial charge is 0.408 e. The Bertz CT molecular complexity index is 487. The Labute approximate surface area is 121 Å². The number of hydrogen-bond donors (Lipinski definition) is 2. The molecule has 1 rings (SSSR count). The summed E-state index contributed by atoms with van der Waals surface area (Å²) in [6.07, 6.45) is -1.36. The summed E-state index contributed by atoms with van der Waals surface area (Å²) in [4.78, 5) is 33.7. The Hall–Kier alpha value is -2.57. The van der Waals surface area contributed by atoms with Crippen molar-refractivity contribution in [3.8, 4) is 0 Å². The molecule has 0 aliphatic carbocycles. The van der Waals surface area contributed by atoms with Gasteiger partial charge in [0, 0.05) is 0 Å². The molecule has 7 nitrogen and oxygen atoms in total. The molecule has 1 atom stereocenters. The maximum Gasteiger partial charge on any atom is 0.408 e. The first kappa shape index (κ1) is 16.5. The van der Waals surface area contributed by atoms with Gasteiger partial charge in [0.15, 0.2) is 0 Å². The largest absolute Gasteiger partial charge is 0.480 e. The molecule has 0 saturated heterocycles. The second-order valence-corrected chi connectivity index (χ2v) is 4.11. The third kappa shape index (κ3) is 6.42. The van der Waals surface area contributed by atoms with Crippen molar-refractivity contribution < 1.29 is 29.0 Å². The van der Waals surface area contributed by atoms with E-state index in [2.05, 4.69) is 10.1 Å². The summed E-state index contributed by atoms with van der Waals surface area (Å²) in [7, 11) is 0. The highest BCUT2D eigenvalue weighted by Crippen LogP contribution is 2.02. The Morgan fingerprint density at radius 3 is 2.43 bits per heavy atom. The van der Waals surface area contributed by atoms with E-state index >= 15 is 0 Å². The van der Waals surface area contributed by atoms with Crippen molar-refractivity contribution in [2.45, 2.75) is 26.0 Å². The average molecular weight is 295 g/mol. The van der Waals surface area contributed by atoms with Crippen LogP contribution >= 0.6 is 0 Å². The number of carbonyl (C=O) groups is 3. The van der Waals surface area contributed by atoms with Crippen LogP contribution in [0.4, 0.5) is 4.79 Å². The average Bonchev–Trinajstić information content (AvgIpc) is 2.45. The van der Waals surface area contributed by atoms with Crippen molar-refractivity contribution in [2.75, 3.05) is 6.61 Å². The van der Waals surface area contributed by atoms with Crippen LogP contribution in [0, 0.1) is 0 Å². The molecule has 1 aromatic carbocycles. The monoisotopic (exact) mass is 295 g/mol. The molecule has 0 heterocycles. The lowest BCUT2D eigenvalue weighted by atomic mass is 10.2. The van der Waals surface area contributed by atoms with Crippen molar-refractivity contribution in [3.05, 3.63) is 35.9 Å². The molecule has 114 valence electrons. The number of alkyl carbamates (subject to hydrolysis) is 1. The third-order valence-electron chi connectivity index (χ3n) is 2.48. The summed E-state index contributed by atoms with van der Waals surface area (Å²) in [6, 6.07) is 7.55. The summed E-state index contributed by atoms with van der Waals surface area (Å²) < 4.78 is 9.52. The van der Waals surface area contributed by atoms with Crippen molar-refractivity contribution in [3.63, 3.8) is 0 Å². The van der Waals surface area contributed by atoms with E-state index in [1.165, 1.54) is 0 Å². The van der Waals surface area contributed by atoms with Gasteiger partial charge in [-0.05, 0) is 12.5 Å². The van der Waals surface area contributed by atoms with Gasteiger partial charge in [0.1, 0.15) is 12.6 Å². The lowest BCUT2D eigenvalue weighted by Crippen LogP contribution is -2.42. The minimum Gasteiger partial charge on any atom is -0.480 e. The number of carbonyl (C=O) groups excluding carboxylic acids is 2. The highest BCUT2D eigenvalue weighted by molar-refractivity contribution is 5.85. The number of esters is 1. The number of rotatable bonds is 7. The summed E-state index contributed by atoms with van der Waals surface area (Å²) in [5.41, 5.74) is 0.768. The molecule has 0 aliphatic heterocycles. The van der Waals surface area contributed by atoms with E-state index in [1.54, 1.807) is 31.2 Å². The number of carboxylic acid groups (broad SMARTS) is 1. The van der Waals surface area contributed by atoms with Crippen molar-refractivity contribution in [1.82, 2.24) is 5.32 Å². The van der Waals surface area contributed by atoms with E-state index in [9.17, 15) is 14.4 Å². The fraction of sp³-hybridized carbons (Fsp3) is 0.357. The Morgan fingerprint density at radius 1 is 1.19 bits per heavy atom. The number of hydrogen-bond acceptors (Lipinski definition) is 5. The van der Waals surface area contributed by atoms with E-state index in [1.807, 2.05) is 6.07 Å². The molecule has 2 N–H and O–H groups in total. The molecule has 1 aromatic rings. The van der Waals surface area contributed by atoms with Crippen LogP contribution in [0.1, 0.15) is 18.9 Å². The first-order valence-electron chi connectivity index (χ1n) is 6.38. The molecule has 1 amide bonds. The van der Waals surface area contributed by atoms with Gasteiger partial charge in [-0.3, -0.25) is 4.79 Å². The van der Waals surface area contributed by atoms with Crippen LogP contribution < -0.4 is 5.32 Å². The topological polar surface area (TPSA) is 102 Å². The number of nitrogens with one attached hydrogen (secondary N) is 1. The van der Waals surface area contributed by atoms with Gasteiger partial charge >= 0.3 is 18.0 Å². The normalized spacial score (nSPS) is 11.3. The molecule has 7 heteroatoms.